The second kappa shape index (κ2) is 7.39. The van der Waals surface area contributed by atoms with Gasteiger partial charge in [0.05, 0.1) is 0 Å². The smallest absolute Gasteiger partial charge is 0.353 e. The molecule has 0 saturated heterocycles. The van der Waals surface area contributed by atoms with E-state index in [4.69, 9.17) is 0 Å². The summed E-state index contributed by atoms with van der Waals surface area (Å²) >= 11 is 0. The highest BCUT2D eigenvalue weighted by Gasteiger charge is 2.50. The molecule has 1 atom stereocenters. The first kappa shape index (κ1) is 22.3. The Morgan fingerprint density at radius 1 is 1.10 bits per heavy atom. The summed E-state index contributed by atoms with van der Waals surface area (Å²) in [6.45, 7) is 5.99. The summed E-state index contributed by atoms with van der Waals surface area (Å²) < 4.78 is 65.6. The van der Waals surface area contributed by atoms with E-state index < -0.39 is 27.5 Å². The molecule has 1 aliphatic carbocycles. The minimum Gasteiger partial charge on any atom is -0.353 e. The molecule has 0 bridgehead atoms. The number of hydrogen-bond donors (Lipinski definition) is 0. The molecule has 1 heterocycles. The zero-order chi connectivity index (χ0) is 22.5. The van der Waals surface area contributed by atoms with E-state index in [1.807, 2.05) is 63.1 Å². The number of fused-ring (bicyclic) bond motifs is 1. The van der Waals surface area contributed by atoms with Crippen molar-refractivity contribution in [3.05, 3.63) is 65.0 Å². The molecule has 0 spiro atoms. The average Bonchev–Trinajstić information content (AvgIpc) is 2.60. The lowest BCUT2D eigenvalue weighted by Gasteiger charge is -2.39. The topological polar surface area (TPSA) is 63.7 Å². The van der Waals surface area contributed by atoms with Crippen molar-refractivity contribution in [3.8, 4) is 0 Å². The van der Waals surface area contributed by atoms with E-state index in [9.17, 15) is 26.4 Å². The third-order valence-corrected chi connectivity index (χ3v) is 5.87. The second-order valence-corrected chi connectivity index (χ2v) is 9.81. The molecule has 0 amide bonds. The number of nitrogens with zero attached hydrogens (tertiary/aromatic N) is 1. The molecule has 0 N–H and O–H groups in total. The minimum atomic E-state index is -5.91. The van der Waals surface area contributed by atoms with Crippen molar-refractivity contribution in [2.75, 3.05) is 7.05 Å². The number of allylic oxidation sites excluding steroid dienone is 4. The number of alkyl halides is 3. The standard InChI is InChI=1S/C21H22F3NO4S/c1-20(2,3)19-18(13-8-6-5-7-9-13)15-11-17(29-30(27,28)21(22,23)24)16(26)10-14(15)12-25(19)4/h5-9,11-12,17H,10H2,1-4H3. The minimum absolute atomic E-state index is 0.234. The summed E-state index contributed by atoms with van der Waals surface area (Å²) in [4.78, 5) is 14.3. The molecule has 5 nitrogen and oxygen atoms in total. The number of hydrogen-bond acceptors (Lipinski definition) is 5. The fraction of sp³-hybridized carbons (Fsp3) is 0.381. The average molecular weight is 441 g/mol. The van der Waals surface area contributed by atoms with Crippen molar-refractivity contribution in [1.82, 2.24) is 4.90 Å². The summed E-state index contributed by atoms with van der Waals surface area (Å²) in [5.74, 6) is -0.752. The second-order valence-electron chi connectivity index (χ2n) is 8.24. The predicted octanol–water partition coefficient (Wildman–Crippen LogP) is 4.41. The predicted molar refractivity (Wildman–Crippen MR) is 106 cm³/mol. The number of ketones is 1. The Kier molecular flexibility index (Phi) is 5.49. The van der Waals surface area contributed by atoms with Crippen molar-refractivity contribution in [1.29, 1.82) is 0 Å². The van der Waals surface area contributed by atoms with Crippen molar-refractivity contribution >= 4 is 21.5 Å². The van der Waals surface area contributed by atoms with E-state index in [0.717, 1.165) is 16.8 Å². The van der Waals surface area contributed by atoms with Gasteiger partial charge in [-0.1, -0.05) is 51.1 Å². The fourth-order valence-corrected chi connectivity index (χ4v) is 4.31. The molecule has 1 unspecified atom stereocenters. The molecule has 0 aromatic heterocycles. The highest BCUT2D eigenvalue weighted by Crippen LogP contribution is 2.46. The van der Waals surface area contributed by atoms with Gasteiger partial charge in [0.1, 0.15) is 0 Å². The molecule has 30 heavy (non-hydrogen) atoms. The highest BCUT2D eigenvalue weighted by molar-refractivity contribution is 7.87. The lowest BCUT2D eigenvalue weighted by Crippen LogP contribution is -2.37. The quantitative estimate of drug-likeness (QED) is 0.514. The number of halogens is 3. The molecule has 1 aromatic carbocycles. The summed E-state index contributed by atoms with van der Waals surface area (Å²) in [6, 6.07) is 9.22. The van der Waals surface area contributed by atoms with E-state index in [-0.39, 0.29) is 11.8 Å². The van der Waals surface area contributed by atoms with Gasteiger partial charge < -0.3 is 4.90 Å². The van der Waals surface area contributed by atoms with Gasteiger partial charge in [-0.15, -0.1) is 0 Å². The summed E-state index contributed by atoms with van der Waals surface area (Å²) in [6.07, 6.45) is 0.863. The van der Waals surface area contributed by atoms with E-state index >= 15 is 0 Å². The van der Waals surface area contributed by atoms with Gasteiger partial charge in [-0.05, 0) is 22.8 Å². The van der Waals surface area contributed by atoms with Gasteiger partial charge in [0.2, 0.25) is 0 Å². The molecule has 2 aliphatic rings. The fourth-order valence-electron chi connectivity index (χ4n) is 3.77. The maximum atomic E-state index is 12.8. The third-order valence-electron chi connectivity index (χ3n) is 4.84. The monoisotopic (exact) mass is 441 g/mol. The first-order chi connectivity index (χ1) is 13.7. The van der Waals surface area contributed by atoms with Crippen LogP contribution in [-0.4, -0.2) is 37.8 Å². The number of benzene rings is 1. The van der Waals surface area contributed by atoms with Crippen LogP contribution in [0.2, 0.25) is 0 Å². The number of Topliss-reactive ketones (excluding diaryl/α,β-unsaturated/α-hetero) is 1. The Labute approximate surface area is 173 Å². The van der Waals surface area contributed by atoms with E-state index in [1.54, 1.807) is 6.20 Å². The van der Waals surface area contributed by atoms with E-state index in [2.05, 4.69) is 4.18 Å². The van der Waals surface area contributed by atoms with Crippen LogP contribution in [0, 0.1) is 5.41 Å². The molecule has 1 aliphatic heterocycles. The molecule has 162 valence electrons. The van der Waals surface area contributed by atoms with Crippen LogP contribution in [0.25, 0.3) is 5.57 Å². The molecule has 0 radical (unpaired) electrons. The van der Waals surface area contributed by atoms with Crippen molar-refractivity contribution in [2.45, 2.75) is 38.8 Å². The van der Waals surface area contributed by atoms with Gasteiger partial charge in [0.15, 0.2) is 11.9 Å². The van der Waals surface area contributed by atoms with Crippen LogP contribution in [-0.2, 0) is 19.1 Å². The molecule has 1 aromatic rings. The molecule has 9 heteroatoms. The van der Waals surface area contributed by atoms with Crippen LogP contribution in [0.3, 0.4) is 0 Å². The Balaban J connectivity index is 2.20. The molecular weight excluding hydrogens is 419 g/mol. The van der Waals surface area contributed by atoms with E-state index in [0.29, 0.717) is 11.1 Å². The molecule has 3 rings (SSSR count). The van der Waals surface area contributed by atoms with Gasteiger partial charge in [-0.3, -0.25) is 4.79 Å². The first-order valence-corrected chi connectivity index (χ1v) is 10.6. The van der Waals surface area contributed by atoms with E-state index in [1.165, 1.54) is 6.08 Å². The summed E-state index contributed by atoms with van der Waals surface area (Å²) in [7, 11) is -4.07. The Hall–Kier alpha value is -2.39. The molecule has 0 fully saturated rings. The normalized spacial score (nSPS) is 20.7. The zero-order valence-electron chi connectivity index (χ0n) is 16.9. The Bertz CT molecular complexity index is 1060. The van der Waals surface area contributed by atoms with Crippen LogP contribution in [0.5, 0.6) is 0 Å². The highest BCUT2D eigenvalue weighted by atomic mass is 32.2. The van der Waals surface area contributed by atoms with Crippen LogP contribution >= 0.6 is 0 Å². The largest absolute Gasteiger partial charge is 0.523 e. The summed E-state index contributed by atoms with van der Waals surface area (Å²) in [5.41, 5.74) is -2.44. The lowest BCUT2D eigenvalue weighted by molar-refractivity contribution is -0.124. The lowest BCUT2D eigenvalue weighted by atomic mass is 9.76. The Morgan fingerprint density at radius 3 is 2.23 bits per heavy atom. The first-order valence-electron chi connectivity index (χ1n) is 9.21. The van der Waals surface area contributed by atoms with Crippen LogP contribution in [0.4, 0.5) is 13.2 Å². The molecular formula is C21H22F3NO4S. The number of rotatable bonds is 3. The summed E-state index contributed by atoms with van der Waals surface area (Å²) in [5, 5.41) is 0. The van der Waals surface area contributed by atoms with Gasteiger partial charge >= 0.3 is 15.6 Å². The maximum Gasteiger partial charge on any atom is 0.523 e. The zero-order valence-corrected chi connectivity index (χ0v) is 17.8. The van der Waals surface area contributed by atoms with Gasteiger partial charge in [-0.2, -0.15) is 21.6 Å². The van der Waals surface area contributed by atoms with Crippen LogP contribution < -0.4 is 0 Å². The van der Waals surface area contributed by atoms with Crippen molar-refractivity contribution in [3.63, 3.8) is 0 Å². The Morgan fingerprint density at radius 2 is 1.70 bits per heavy atom. The third kappa shape index (κ3) is 4.09. The number of carbonyl (C=O) groups excluding carboxylic acids is 1. The SMILES string of the molecule is CN1C=C2CC(=O)C(OS(=O)(=O)C(F)(F)F)C=C2C(c2ccccc2)=C1C(C)(C)C. The molecule has 0 saturated carbocycles. The van der Waals surface area contributed by atoms with Crippen molar-refractivity contribution < 1.29 is 30.6 Å². The van der Waals surface area contributed by atoms with Gasteiger partial charge in [0, 0.05) is 36.4 Å². The van der Waals surface area contributed by atoms with Crippen LogP contribution in [0.15, 0.2) is 59.5 Å². The maximum absolute atomic E-state index is 12.8. The number of carbonyl (C=O) groups is 1. The van der Waals surface area contributed by atoms with Crippen LogP contribution in [0.1, 0.15) is 32.8 Å². The van der Waals surface area contributed by atoms with Gasteiger partial charge in [-0.25, -0.2) is 4.18 Å². The van der Waals surface area contributed by atoms with Gasteiger partial charge in [0.25, 0.3) is 0 Å². The van der Waals surface area contributed by atoms with Crippen molar-refractivity contribution in [2.24, 2.45) is 5.41 Å².